The minimum Gasteiger partial charge on any atom is -0.458 e. The number of ether oxygens (including phenoxy) is 3. The molecule has 1 aliphatic rings. The lowest BCUT2D eigenvalue weighted by molar-refractivity contribution is -0.141. The molecule has 0 heterocycles. The van der Waals surface area contributed by atoms with Gasteiger partial charge < -0.3 is 25.7 Å². The van der Waals surface area contributed by atoms with Gasteiger partial charge in [0.1, 0.15) is 12.4 Å². The molecule has 0 bridgehead atoms. The van der Waals surface area contributed by atoms with Crippen molar-refractivity contribution in [3.63, 3.8) is 0 Å². The summed E-state index contributed by atoms with van der Waals surface area (Å²) in [5.74, 6) is -0.279. The molecule has 4 N–H and O–H groups in total. The second kappa shape index (κ2) is 15.1. The number of rotatable bonds is 13. The molecule has 0 unspecified atom stereocenters. The molecule has 0 aromatic heterocycles. The van der Waals surface area contributed by atoms with Crippen molar-refractivity contribution in [2.45, 2.75) is 77.4 Å². The third-order valence-electron chi connectivity index (χ3n) is 6.66. The normalized spacial score (nSPS) is 17.5. The average molecular weight is 509 g/mol. The fourth-order valence-electron chi connectivity index (χ4n) is 4.38. The van der Waals surface area contributed by atoms with E-state index in [0.29, 0.717) is 22.7 Å². The minimum atomic E-state index is -0.492. The number of benzene rings is 2. The fourth-order valence-corrected chi connectivity index (χ4v) is 4.38. The van der Waals surface area contributed by atoms with E-state index in [4.69, 9.17) is 25.7 Å². The Balaban J connectivity index is 1.36. The Labute approximate surface area is 220 Å². The molecule has 7 heteroatoms. The van der Waals surface area contributed by atoms with Gasteiger partial charge in [-0.3, -0.25) is 4.79 Å². The second-order valence-electron chi connectivity index (χ2n) is 9.65. The molecule has 2 aromatic rings. The quantitative estimate of drug-likeness (QED) is 0.111. The summed E-state index contributed by atoms with van der Waals surface area (Å²) in [7, 11) is 0. The predicted molar refractivity (Wildman–Crippen MR) is 147 cm³/mol. The Bertz CT molecular complexity index is 1030. The van der Waals surface area contributed by atoms with Crippen LogP contribution in [0.15, 0.2) is 48.5 Å². The maximum atomic E-state index is 12.6. The first-order valence-corrected chi connectivity index (χ1v) is 13.4. The lowest BCUT2D eigenvalue weighted by Crippen LogP contribution is -2.29. The van der Waals surface area contributed by atoms with E-state index in [1.54, 1.807) is 48.5 Å². The number of hydrogen-bond donors (Lipinski definition) is 2. The first kappa shape index (κ1) is 28.3. The summed E-state index contributed by atoms with van der Waals surface area (Å²) in [6.07, 6.45) is 12.8. The lowest BCUT2D eigenvalue weighted by Gasteiger charge is -2.27. The van der Waals surface area contributed by atoms with Crippen LogP contribution in [-0.2, 0) is 25.7 Å². The van der Waals surface area contributed by atoms with Crippen molar-refractivity contribution in [1.82, 2.24) is 0 Å². The van der Waals surface area contributed by atoms with E-state index >= 15 is 0 Å². The van der Waals surface area contributed by atoms with Crippen LogP contribution in [0.1, 0.15) is 75.8 Å². The maximum absolute atomic E-state index is 12.6. The standard InChI is InChI=1S/C30H40N2O5/c1-2-3-4-5-6-19-35-26-15-10-23(11-16-26)30(34)37-27-13-7-22(8-14-27)9-18-29(33)36-21-24-20-25(31)12-17-28(24)32/h7-9,12-14,17-18,20,23,26H,2-6,10-11,15-16,19,21,31-32H2,1H3. The van der Waals surface area contributed by atoms with E-state index in [0.717, 1.165) is 44.3 Å². The second-order valence-corrected chi connectivity index (χ2v) is 9.65. The fraction of sp³-hybridized carbons (Fsp3) is 0.467. The summed E-state index contributed by atoms with van der Waals surface area (Å²) >= 11 is 0. The van der Waals surface area contributed by atoms with Crippen LogP contribution in [0.5, 0.6) is 5.75 Å². The van der Waals surface area contributed by atoms with Gasteiger partial charge >= 0.3 is 11.9 Å². The van der Waals surface area contributed by atoms with Gasteiger partial charge in [0, 0.05) is 29.6 Å². The Morgan fingerprint density at radius 2 is 1.68 bits per heavy atom. The number of esters is 2. The Morgan fingerprint density at radius 1 is 0.946 bits per heavy atom. The SMILES string of the molecule is CCCCCCCOC1CCC(C(=O)Oc2ccc(C=CC(=O)OCc3cc(N)ccc3N)cc2)CC1. The number of carbonyl (C=O) groups is 2. The largest absolute Gasteiger partial charge is 0.458 e. The van der Waals surface area contributed by atoms with E-state index in [1.807, 2.05) is 0 Å². The van der Waals surface area contributed by atoms with Crippen LogP contribution in [-0.4, -0.2) is 24.6 Å². The molecule has 37 heavy (non-hydrogen) atoms. The number of carbonyl (C=O) groups excluding carboxylic acids is 2. The summed E-state index contributed by atoms with van der Waals surface area (Å²) in [6.45, 7) is 3.08. The van der Waals surface area contributed by atoms with Gasteiger partial charge in [0.15, 0.2) is 0 Å². The maximum Gasteiger partial charge on any atom is 0.331 e. The monoisotopic (exact) mass is 508 g/mol. The average Bonchev–Trinajstić information content (AvgIpc) is 2.91. The molecule has 1 fully saturated rings. The summed E-state index contributed by atoms with van der Waals surface area (Å²) in [5, 5.41) is 0. The van der Waals surface area contributed by atoms with Gasteiger partial charge in [0.25, 0.3) is 0 Å². The first-order chi connectivity index (χ1) is 17.9. The van der Waals surface area contributed by atoms with Crippen LogP contribution in [0.25, 0.3) is 6.08 Å². The van der Waals surface area contributed by atoms with Crippen LogP contribution >= 0.6 is 0 Å². The van der Waals surface area contributed by atoms with E-state index in [-0.39, 0.29) is 24.6 Å². The van der Waals surface area contributed by atoms with Crippen molar-refractivity contribution >= 4 is 29.4 Å². The molecule has 0 saturated heterocycles. The Hall–Kier alpha value is -3.32. The zero-order valence-corrected chi connectivity index (χ0v) is 21.8. The molecular formula is C30H40N2O5. The van der Waals surface area contributed by atoms with Gasteiger partial charge in [0.05, 0.1) is 12.0 Å². The van der Waals surface area contributed by atoms with Gasteiger partial charge in [-0.25, -0.2) is 4.79 Å². The minimum absolute atomic E-state index is 0.0437. The van der Waals surface area contributed by atoms with Crippen molar-refractivity contribution in [1.29, 1.82) is 0 Å². The van der Waals surface area contributed by atoms with Gasteiger partial charge in [-0.2, -0.15) is 0 Å². The summed E-state index contributed by atoms with van der Waals surface area (Å²) in [6, 6.07) is 12.1. The molecule has 3 rings (SSSR count). The van der Waals surface area contributed by atoms with Crippen LogP contribution in [0.3, 0.4) is 0 Å². The lowest BCUT2D eigenvalue weighted by atomic mass is 9.87. The van der Waals surface area contributed by atoms with Crippen LogP contribution in [0.2, 0.25) is 0 Å². The molecule has 1 aliphatic carbocycles. The molecule has 0 aliphatic heterocycles. The number of nitrogen functional groups attached to an aromatic ring is 2. The topological polar surface area (TPSA) is 114 Å². The van der Waals surface area contributed by atoms with Crippen molar-refractivity contribution in [3.05, 3.63) is 59.7 Å². The zero-order valence-electron chi connectivity index (χ0n) is 21.8. The number of nitrogens with two attached hydrogens (primary N) is 2. The Morgan fingerprint density at radius 3 is 2.41 bits per heavy atom. The van der Waals surface area contributed by atoms with Gasteiger partial charge in [-0.15, -0.1) is 0 Å². The van der Waals surface area contributed by atoms with Crippen molar-refractivity contribution in [3.8, 4) is 5.75 Å². The van der Waals surface area contributed by atoms with Crippen LogP contribution in [0.4, 0.5) is 11.4 Å². The number of anilines is 2. The molecule has 2 aromatic carbocycles. The van der Waals surface area contributed by atoms with Gasteiger partial charge in [-0.05, 0) is 74.1 Å². The molecule has 0 atom stereocenters. The highest BCUT2D eigenvalue weighted by molar-refractivity contribution is 5.87. The summed E-state index contributed by atoms with van der Waals surface area (Å²) < 4.78 is 16.8. The van der Waals surface area contributed by atoms with E-state index < -0.39 is 5.97 Å². The van der Waals surface area contributed by atoms with Crippen molar-refractivity contribution in [2.24, 2.45) is 5.92 Å². The van der Waals surface area contributed by atoms with Crippen molar-refractivity contribution in [2.75, 3.05) is 18.1 Å². The van der Waals surface area contributed by atoms with E-state index in [9.17, 15) is 9.59 Å². The van der Waals surface area contributed by atoms with E-state index in [2.05, 4.69) is 6.92 Å². The zero-order chi connectivity index (χ0) is 26.5. The number of hydrogen-bond acceptors (Lipinski definition) is 7. The third kappa shape index (κ3) is 9.92. The highest BCUT2D eigenvalue weighted by atomic mass is 16.5. The molecule has 0 spiro atoms. The van der Waals surface area contributed by atoms with Crippen LogP contribution in [0, 0.1) is 5.92 Å². The van der Waals surface area contributed by atoms with Crippen molar-refractivity contribution < 1.29 is 23.8 Å². The first-order valence-electron chi connectivity index (χ1n) is 13.4. The molecule has 1 saturated carbocycles. The van der Waals surface area contributed by atoms with E-state index in [1.165, 1.54) is 31.8 Å². The molecule has 200 valence electrons. The Kier molecular flexibility index (Phi) is 11.5. The van der Waals surface area contributed by atoms with Gasteiger partial charge in [-0.1, -0.05) is 44.7 Å². The highest BCUT2D eigenvalue weighted by Crippen LogP contribution is 2.28. The highest BCUT2D eigenvalue weighted by Gasteiger charge is 2.28. The molecule has 0 radical (unpaired) electrons. The molecular weight excluding hydrogens is 468 g/mol. The third-order valence-corrected chi connectivity index (χ3v) is 6.66. The predicted octanol–water partition coefficient (Wildman–Crippen LogP) is 6.06. The smallest absolute Gasteiger partial charge is 0.331 e. The summed E-state index contributed by atoms with van der Waals surface area (Å²) in [5.41, 5.74) is 14.1. The van der Waals surface area contributed by atoms with Gasteiger partial charge in [0.2, 0.25) is 0 Å². The van der Waals surface area contributed by atoms with Crippen LogP contribution < -0.4 is 16.2 Å². The number of unbranched alkanes of at least 4 members (excludes halogenated alkanes) is 4. The molecule has 7 nitrogen and oxygen atoms in total. The summed E-state index contributed by atoms with van der Waals surface area (Å²) in [4.78, 5) is 24.7. The molecule has 0 amide bonds.